The molecule has 1 atom stereocenters. The molecule has 0 spiro atoms. The maximum absolute atomic E-state index is 10.1. The summed E-state index contributed by atoms with van der Waals surface area (Å²) in [5, 5.41) is 13.3. The summed E-state index contributed by atoms with van der Waals surface area (Å²) >= 11 is 0. The molecule has 0 radical (unpaired) electrons. The van der Waals surface area contributed by atoms with Gasteiger partial charge in [-0.3, -0.25) is 4.79 Å². The van der Waals surface area contributed by atoms with Crippen molar-refractivity contribution in [2.45, 2.75) is 18.9 Å². The van der Waals surface area contributed by atoms with Crippen LogP contribution in [0.25, 0.3) is 10.8 Å². The fourth-order valence-corrected chi connectivity index (χ4v) is 2.31. The van der Waals surface area contributed by atoms with Gasteiger partial charge in [0.05, 0.1) is 14.2 Å². The van der Waals surface area contributed by atoms with E-state index in [0.29, 0.717) is 5.88 Å². The number of carboxylic acid groups (broad SMARTS) is 1. The van der Waals surface area contributed by atoms with E-state index in [1.807, 2.05) is 24.3 Å². The van der Waals surface area contributed by atoms with Crippen molar-refractivity contribution in [1.82, 2.24) is 10.3 Å². The fraction of sp³-hybridized carbons (Fsp3) is 0.375. The highest BCUT2D eigenvalue weighted by molar-refractivity contribution is 5.87. The van der Waals surface area contributed by atoms with Crippen molar-refractivity contribution in [3.05, 3.63) is 30.5 Å². The Morgan fingerprint density at radius 3 is 2.68 bits per heavy atom. The highest BCUT2D eigenvalue weighted by Gasteiger charge is 2.20. The van der Waals surface area contributed by atoms with Gasteiger partial charge in [0.2, 0.25) is 5.88 Å². The van der Waals surface area contributed by atoms with E-state index in [9.17, 15) is 4.79 Å². The number of rotatable bonds is 3. The third-order valence-electron chi connectivity index (χ3n) is 3.49. The Bertz CT molecular complexity index is 639. The van der Waals surface area contributed by atoms with E-state index >= 15 is 0 Å². The molecular formula is C16H20N2O4. The zero-order valence-corrected chi connectivity index (χ0v) is 12.7. The summed E-state index contributed by atoms with van der Waals surface area (Å²) < 4.78 is 10.3. The van der Waals surface area contributed by atoms with Gasteiger partial charge in [-0.25, -0.2) is 4.98 Å². The van der Waals surface area contributed by atoms with Gasteiger partial charge in [0.25, 0.3) is 0 Å². The van der Waals surface area contributed by atoms with Crippen LogP contribution >= 0.6 is 0 Å². The van der Waals surface area contributed by atoms with E-state index in [1.54, 1.807) is 20.4 Å². The Morgan fingerprint density at radius 2 is 2.14 bits per heavy atom. The number of carboxylic acids is 1. The van der Waals surface area contributed by atoms with Crippen molar-refractivity contribution in [3.8, 4) is 11.6 Å². The third-order valence-corrected chi connectivity index (χ3v) is 3.49. The first kappa shape index (κ1) is 16.0. The molecule has 0 bridgehead atoms. The molecule has 1 aromatic heterocycles. The topological polar surface area (TPSA) is 80.7 Å². The molecule has 6 nitrogen and oxygen atoms in total. The first-order chi connectivity index (χ1) is 10.7. The fourth-order valence-electron chi connectivity index (χ4n) is 2.31. The molecule has 6 heteroatoms. The van der Waals surface area contributed by atoms with Crippen LogP contribution in [-0.4, -0.2) is 42.9 Å². The number of methoxy groups -OCH3 is 2. The van der Waals surface area contributed by atoms with E-state index < -0.39 is 5.97 Å². The molecule has 0 unspecified atom stereocenters. The number of aromatic nitrogens is 1. The molecule has 22 heavy (non-hydrogen) atoms. The average molecular weight is 304 g/mol. The first-order valence-electron chi connectivity index (χ1n) is 7.08. The number of carbonyl (C=O) groups is 1. The predicted molar refractivity (Wildman–Crippen MR) is 83.5 cm³/mol. The molecule has 0 aliphatic carbocycles. The maximum atomic E-state index is 10.1. The molecule has 1 fully saturated rings. The number of fused-ring (bicyclic) bond motifs is 1. The number of aliphatic carboxylic acids is 1. The molecule has 2 N–H and O–H groups in total. The van der Waals surface area contributed by atoms with Crippen molar-refractivity contribution in [3.63, 3.8) is 0 Å². The summed E-state index contributed by atoms with van der Waals surface area (Å²) in [4.78, 5) is 14.3. The SMILES string of the molecule is COc1ccc2ccnc(OC)c2c1.O=C(O)[C@@H]1CCCN1. The van der Waals surface area contributed by atoms with Crippen LogP contribution in [0.15, 0.2) is 30.5 Å². The molecular weight excluding hydrogens is 284 g/mol. The lowest BCUT2D eigenvalue weighted by Crippen LogP contribution is -2.29. The molecule has 2 heterocycles. The molecule has 1 aromatic carbocycles. The average Bonchev–Trinajstić information content (AvgIpc) is 3.09. The number of ether oxygens (including phenoxy) is 2. The smallest absolute Gasteiger partial charge is 0.320 e. The normalized spacial score (nSPS) is 16.7. The molecule has 118 valence electrons. The minimum absolute atomic E-state index is 0.269. The van der Waals surface area contributed by atoms with Crippen molar-refractivity contribution < 1.29 is 19.4 Å². The first-order valence-corrected chi connectivity index (χ1v) is 7.08. The number of nitrogens with zero attached hydrogens (tertiary/aromatic N) is 1. The Morgan fingerprint density at radius 1 is 1.32 bits per heavy atom. The molecule has 2 aromatic rings. The van der Waals surface area contributed by atoms with Gasteiger partial charge < -0.3 is 19.9 Å². The Balaban J connectivity index is 0.000000188. The summed E-state index contributed by atoms with van der Waals surface area (Å²) in [7, 11) is 3.26. The minimum Gasteiger partial charge on any atom is -0.497 e. The van der Waals surface area contributed by atoms with E-state index in [1.165, 1.54) is 0 Å². The van der Waals surface area contributed by atoms with Gasteiger partial charge in [-0.2, -0.15) is 0 Å². The molecule has 1 aliphatic rings. The third kappa shape index (κ3) is 3.85. The Hall–Kier alpha value is -2.34. The zero-order chi connectivity index (χ0) is 15.9. The number of nitrogens with one attached hydrogen (secondary N) is 1. The van der Waals surface area contributed by atoms with Crippen LogP contribution in [0, 0.1) is 0 Å². The van der Waals surface area contributed by atoms with Crippen molar-refractivity contribution in [2.24, 2.45) is 0 Å². The second kappa shape index (κ2) is 7.61. The summed E-state index contributed by atoms with van der Waals surface area (Å²) in [6.07, 6.45) is 3.51. The van der Waals surface area contributed by atoms with Gasteiger partial charge in [-0.15, -0.1) is 0 Å². The largest absolute Gasteiger partial charge is 0.497 e. The quantitative estimate of drug-likeness (QED) is 0.903. The minimum atomic E-state index is -0.720. The molecule has 1 aliphatic heterocycles. The molecule has 3 rings (SSSR count). The van der Waals surface area contributed by atoms with Crippen LogP contribution in [0.1, 0.15) is 12.8 Å². The number of hydrogen-bond donors (Lipinski definition) is 2. The monoisotopic (exact) mass is 304 g/mol. The Labute approximate surface area is 129 Å². The van der Waals surface area contributed by atoms with Gasteiger partial charge in [-0.1, -0.05) is 6.07 Å². The molecule has 0 saturated carbocycles. The summed E-state index contributed by atoms with van der Waals surface area (Å²) in [5.41, 5.74) is 0. The van der Waals surface area contributed by atoms with Gasteiger partial charge >= 0.3 is 5.97 Å². The highest BCUT2D eigenvalue weighted by atomic mass is 16.5. The van der Waals surface area contributed by atoms with Crippen molar-refractivity contribution in [2.75, 3.05) is 20.8 Å². The lowest BCUT2D eigenvalue weighted by Gasteiger charge is -2.05. The highest BCUT2D eigenvalue weighted by Crippen LogP contribution is 2.26. The number of hydrogen-bond acceptors (Lipinski definition) is 5. The lowest BCUT2D eigenvalue weighted by atomic mass is 10.1. The van der Waals surface area contributed by atoms with Gasteiger partial charge in [0.1, 0.15) is 11.8 Å². The van der Waals surface area contributed by atoms with Crippen molar-refractivity contribution >= 4 is 16.7 Å². The van der Waals surface area contributed by atoms with Gasteiger partial charge in [0, 0.05) is 11.6 Å². The van der Waals surface area contributed by atoms with Crippen molar-refractivity contribution in [1.29, 1.82) is 0 Å². The molecule has 0 amide bonds. The number of benzene rings is 1. The predicted octanol–water partition coefficient (Wildman–Crippen LogP) is 2.08. The Kier molecular flexibility index (Phi) is 5.55. The van der Waals surface area contributed by atoms with Gasteiger partial charge in [-0.05, 0) is 43.0 Å². The summed E-state index contributed by atoms with van der Waals surface area (Å²) in [6.45, 7) is 0.858. The van der Waals surface area contributed by atoms with E-state index in [2.05, 4.69) is 10.3 Å². The van der Waals surface area contributed by atoms with Crippen LogP contribution in [0.2, 0.25) is 0 Å². The summed E-state index contributed by atoms with van der Waals surface area (Å²) in [6, 6.07) is 7.49. The van der Waals surface area contributed by atoms with Gasteiger partial charge in [0.15, 0.2) is 0 Å². The molecule has 1 saturated heterocycles. The van der Waals surface area contributed by atoms with Crippen LogP contribution in [0.4, 0.5) is 0 Å². The van der Waals surface area contributed by atoms with Crippen LogP contribution < -0.4 is 14.8 Å². The zero-order valence-electron chi connectivity index (χ0n) is 12.7. The summed E-state index contributed by atoms with van der Waals surface area (Å²) in [5.74, 6) is 0.715. The standard InChI is InChI=1S/C11H11NO2.C5H9NO2/c1-13-9-4-3-8-5-6-12-11(14-2)10(8)7-9;7-5(8)4-2-1-3-6-4/h3-7H,1-2H3;4,6H,1-3H2,(H,7,8)/t;4-/m.0/s1. The van der Waals surface area contributed by atoms with Crippen LogP contribution in [0.5, 0.6) is 11.6 Å². The second-order valence-electron chi connectivity index (χ2n) is 4.89. The number of pyridine rings is 1. The van der Waals surface area contributed by atoms with E-state index in [-0.39, 0.29) is 6.04 Å². The second-order valence-corrected chi connectivity index (χ2v) is 4.89. The maximum Gasteiger partial charge on any atom is 0.320 e. The van der Waals surface area contributed by atoms with E-state index in [0.717, 1.165) is 35.9 Å². The van der Waals surface area contributed by atoms with E-state index in [4.69, 9.17) is 14.6 Å². The van der Waals surface area contributed by atoms with Crippen LogP contribution in [-0.2, 0) is 4.79 Å². The lowest BCUT2D eigenvalue weighted by molar-refractivity contribution is -0.139. The van der Waals surface area contributed by atoms with Crippen LogP contribution in [0.3, 0.4) is 0 Å².